The molecule has 0 spiro atoms. The lowest BCUT2D eigenvalue weighted by molar-refractivity contribution is -0.130. The number of likely N-dealkylation sites (N-methyl/N-ethyl adjacent to an activating group) is 1. The van der Waals surface area contributed by atoms with E-state index in [1.165, 1.54) is 0 Å². The van der Waals surface area contributed by atoms with Crippen LogP contribution in [0.4, 0.5) is 0 Å². The van der Waals surface area contributed by atoms with E-state index in [1.807, 2.05) is 7.05 Å². The van der Waals surface area contributed by atoms with Gasteiger partial charge in [-0.05, 0) is 20.9 Å². The maximum atomic E-state index is 12.0. The van der Waals surface area contributed by atoms with E-state index < -0.39 is 5.41 Å². The molecule has 0 aromatic carbocycles. The molecule has 104 valence electrons. The minimum atomic E-state index is -0.612. The van der Waals surface area contributed by atoms with E-state index in [9.17, 15) is 9.59 Å². The second-order valence-corrected chi connectivity index (χ2v) is 5.22. The summed E-state index contributed by atoms with van der Waals surface area (Å²) in [5.41, 5.74) is -0.612. The van der Waals surface area contributed by atoms with Crippen molar-refractivity contribution < 1.29 is 14.3 Å². The molecule has 0 aliphatic carbocycles. The number of carbonyl (C=O) groups is 2. The number of amides is 2. The van der Waals surface area contributed by atoms with Crippen molar-refractivity contribution in [2.45, 2.75) is 19.9 Å². The van der Waals surface area contributed by atoms with Gasteiger partial charge in [-0.2, -0.15) is 0 Å². The molecule has 2 atom stereocenters. The number of carbonyl (C=O) groups excluding carboxylic acids is 2. The molecule has 2 unspecified atom stereocenters. The Morgan fingerprint density at radius 2 is 1.94 bits per heavy atom. The predicted octanol–water partition coefficient (Wildman–Crippen LogP) is -0.891. The molecule has 1 aliphatic rings. The summed E-state index contributed by atoms with van der Waals surface area (Å²) >= 11 is 0. The fourth-order valence-corrected chi connectivity index (χ4v) is 1.96. The highest BCUT2D eigenvalue weighted by molar-refractivity contribution is 5.84. The van der Waals surface area contributed by atoms with Gasteiger partial charge in [0.05, 0.1) is 24.5 Å². The zero-order chi connectivity index (χ0) is 13.8. The summed E-state index contributed by atoms with van der Waals surface area (Å²) in [7, 11) is 3.40. The molecule has 2 amide bonds. The quantitative estimate of drug-likeness (QED) is 0.597. The van der Waals surface area contributed by atoms with E-state index in [4.69, 9.17) is 4.74 Å². The monoisotopic (exact) mass is 257 g/mol. The highest BCUT2D eigenvalue weighted by atomic mass is 16.5. The van der Waals surface area contributed by atoms with E-state index in [0.29, 0.717) is 19.8 Å². The number of hydrogen-bond donors (Lipinski definition) is 3. The number of nitrogens with one attached hydrogen (secondary N) is 3. The van der Waals surface area contributed by atoms with Crippen molar-refractivity contribution in [3.8, 4) is 0 Å². The third kappa shape index (κ3) is 3.43. The van der Waals surface area contributed by atoms with Gasteiger partial charge in [-0.1, -0.05) is 0 Å². The second-order valence-electron chi connectivity index (χ2n) is 5.22. The molecule has 6 nitrogen and oxygen atoms in total. The van der Waals surface area contributed by atoms with E-state index in [1.54, 1.807) is 20.9 Å². The summed E-state index contributed by atoms with van der Waals surface area (Å²) in [5, 5.41) is 8.48. The maximum Gasteiger partial charge on any atom is 0.227 e. The van der Waals surface area contributed by atoms with E-state index in [2.05, 4.69) is 16.0 Å². The molecule has 1 fully saturated rings. The zero-order valence-electron chi connectivity index (χ0n) is 11.5. The van der Waals surface area contributed by atoms with E-state index in [-0.39, 0.29) is 23.8 Å². The van der Waals surface area contributed by atoms with Crippen molar-refractivity contribution in [1.29, 1.82) is 0 Å². The Balaban J connectivity index is 2.48. The Kier molecular flexibility index (Phi) is 5.10. The van der Waals surface area contributed by atoms with Crippen LogP contribution in [0.2, 0.25) is 0 Å². The predicted molar refractivity (Wildman–Crippen MR) is 68.0 cm³/mol. The lowest BCUT2D eigenvalue weighted by atomic mass is 9.92. The minimum Gasteiger partial charge on any atom is -0.379 e. The van der Waals surface area contributed by atoms with Crippen LogP contribution in [0.5, 0.6) is 0 Å². The molecule has 1 rings (SSSR count). The Hall–Kier alpha value is -1.14. The first kappa shape index (κ1) is 14.9. The average Bonchev–Trinajstić information content (AvgIpc) is 2.83. The molecule has 3 N–H and O–H groups in total. The summed E-state index contributed by atoms with van der Waals surface area (Å²) < 4.78 is 5.28. The van der Waals surface area contributed by atoms with Gasteiger partial charge in [0.15, 0.2) is 0 Å². The Morgan fingerprint density at radius 1 is 1.28 bits per heavy atom. The number of ether oxygens (including phenoxy) is 1. The minimum absolute atomic E-state index is 0.0492. The molecule has 18 heavy (non-hydrogen) atoms. The third-order valence-corrected chi connectivity index (χ3v) is 3.33. The summed E-state index contributed by atoms with van der Waals surface area (Å²) in [4.78, 5) is 23.6. The van der Waals surface area contributed by atoms with E-state index in [0.717, 1.165) is 0 Å². The molecular formula is C12H23N3O3. The number of rotatable bonds is 5. The lowest BCUT2D eigenvalue weighted by Crippen LogP contribution is -2.48. The molecule has 0 bridgehead atoms. The second kappa shape index (κ2) is 6.15. The van der Waals surface area contributed by atoms with Gasteiger partial charge in [0.25, 0.3) is 0 Å². The molecular weight excluding hydrogens is 234 g/mol. The first-order valence-corrected chi connectivity index (χ1v) is 6.17. The smallest absolute Gasteiger partial charge is 0.227 e. The van der Waals surface area contributed by atoms with Gasteiger partial charge in [-0.3, -0.25) is 9.59 Å². The van der Waals surface area contributed by atoms with Crippen molar-refractivity contribution in [1.82, 2.24) is 16.0 Å². The Morgan fingerprint density at radius 3 is 2.50 bits per heavy atom. The van der Waals surface area contributed by atoms with Gasteiger partial charge < -0.3 is 20.7 Å². The topological polar surface area (TPSA) is 79.5 Å². The van der Waals surface area contributed by atoms with Crippen LogP contribution in [0.25, 0.3) is 0 Å². The maximum absolute atomic E-state index is 12.0. The van der Waals surface area contributed by atoms with Crippen molar-refractivity contribution in [2.75, 3.05) is 33.9 Å². The highest BCUT2D eigenvalue weighted by Crippen LogP contribution is 2.16. The van der Waals surface area contributed by atoms with Crippen LogP contribution in [0, 0.1) is 11.3 Å². The summed E-state index contributed by atoms with van der Waals surface area (Å²) in [5.74, 6) is -0.338. The van der Waals surface area contributed by atoms with E-state index >= 15 is 0 Å². The lowest BCUT2D eigenvalue weighted by Gasteiger charge is -2.24. The average molecular weight is 257 g/mol. The molecule has 1 saturated heterocycles. The first-order chi connectivity index (χ1) is 8.42. The van der Waals surface area contributed by atoms with Crippen LogP contribution in [0.15, 0.2) is 0 Å². The molecule has 0 aromatic rings. The van der Waals surface area contributed by atoms with Crippen LogP contribution in [0.1, 0.15) is 13.8 Å². The SMILES string of the molecule is CNC(=O)C(C)(C)CNC(=O)C1COCC1NC. The molecule has 0 radical (unpaired) electrons. The van der Waals surface area contributed by atoms with Crippen LogP contribution >= 0.6 is 0 Å². The van der Waals surface area contributed by atoms with Crippen LogP contribution in [-0.2, 0) is 14.3 Å². The fraction of sp³-hybridized carbons (Fsp3) is 0.833. The summed E-state index contributed by atoms with van der Waals surface area (Å²) in [6.07, 6.45) is 0. The van der Waals surface area contributed by atoms with Crippen molar-refractivity contribution in [2.24, 2.45) is 11.3 Å². The standard InChI is InChI=1S/C12H23N3O3/c1-12(2,11(17)14-4)7-15-10(16)8-5-18-6-9(8)13-3/h8-9,13H,5-7H2,1-4H3,(H,14,17)(H,15,16). The van der Waals surface area contributed by atoms with Gasteiger partial charge in [-0.15, -0.1) is 0 Å². The number of hydrogen-bond acceptors (Lipinski definition) is 4. The zero-order valence-corrected chi connectivity index (χ0v) is 11.5. The van der Waals surface area contributed by atoms with Crippen molar-refractivity contribution in [3.63, 3.8) is 0 Å². The first-order valence-electron chi connectivity index (χ1n) is 6.17. The highest BCUT2D eigenvalue weighted by Gasteiger charge is 2.34. The Labute approximate surface area is 108 Å². The van der Waals surface area contributed by atoms with Gasteiger partial charge >= 0.3 is 0 Å². The summed E-state index contributed by atoms with van der Waals surface area (Å²) in [6, 6.07) is 0.0492. The van der Waals surface area contributed by atoms with Crippen LogP contribution < -0.4 is 16.0 Å². The molecule has 1 heterocycles. The molecule has 0 aromatic heterocycles. The van der Waals surface area contributed by atoms with Gasteiger partial charge in [-0.25, -0.2) is 0 Å². The molecule has 6 heteroatoms. The molecule has 1 aliphatic heterocycles. The summed E-state index contributed by atoms with van der Waals surface area (Å²) in [6.45, 7) is 4.89. The van der Waals surface area contributed by atoms with Crippen LogP contribution in [-0.4, -0.2) is 51.7 Å². The van der Waals surface area contributed by atoms with Gasteiger partial charge in [0, 0.05) is 19.6 Å². The van der Waals surface area contributed by atoms with Crippen molar-refractivity contribution >= 4 is 11.8 Å². The normalized spacial score (nSPS) is 23.8. The van der Waals surface area contributed by atoms with Gasteiger partial charge in [0.2, 0.25) is 11.8 Å². The largest absolute Gasteiger partial charge is 0.379 e. The Bertz CT molecular complexity index is 318. The van der Waals surface area contributed by atoms with Crippen LogP contribution in [0.3, 0.4) is 0 Å². The molecule has 0 saturated carbocycles. The fourth-order valence-electron chi connectivity index (χ4n) is 1.96. The van der Waals surface area contributed by atoms with Gasteiger partial charge in [0.1, 0.15) is 0 Å². The third-order valence-electron chi connectivity index (χ3n) is 3.33. The van der Waals surface area contributed by atoms with Crippen molar-refractivity contribution in [3.05, 3.63) is 0 Å².